The van der Waals surface area contributed by atoms with E-state index < -0.39 is 5.97 Å². The van der Waals surface area contributed by atoms with Gasteiger partial charge in [0.25, 0.3) is 0 Å². The van der Waals surface area contributed by atoms with Crippen LogP contribution < -0.4 is 10.2 Å². The first kappa shape index (κ1) is 19.5. The first-order valence-corrected chi connectivity index (χ1v) is 9.06. The summed E-state index contributed by atoms with van der Waals surface area (Å²) in [7, 11) is 1.26. The van der Waals surface area contributed by atoms with Crippen molar-refractivity contribution in [3.63, 3.8) is 0 Å². The molecule has 0 aromatic heterocycles. The van der Waals surface area contributed by atoms with Gasteiger partial charge in [0.05, 0.1) is 7.11 Å². The summed E-state index contributed by atoms with van der Waals surface area (Å²) in [6.45, 7) is 4.78. The number of benzene rings is 2. The van der Waals surface area contributed by atoms with Crippen molar-refractivity contribution in [3.05, 3.63) is 70.1 Å². The van der Waals surface area contributed by atoms with E-state index in [0.29, 0.717) is 12.1 Å². The zero-order valence-corrected chi connectivity index (χ0v) is 16.1. The average Bonchev–Trinajstić information content (AvgIpc) is 2.67. The molecule has 6 heteroatoms. The summed E-state index contributed by atoms with van der Waals surface area (Å²) in [6.07, 6.45) is 1.73. The fourth-order valence-corrected chi connectivity index (χ4v) is 3.08. The SMILES string of the molecule is COC(=O)c1c(O)c2cc(=O)c(OCc3ccccc3)cc-2cn1CC(C)C. The number of nitrogens with zero attached hydrogens (tertiary/aromatic N) is 1. The minimum absolute atomic E-state index is 0.0288. The van der Waals surface area contributed by atoms with E-state index >= 15 is 0 Å². The van der Waals surface area contributed by atoms with Gasteiger partial charge in [-0.05, 0) is 17.5 Å². The zero-order valence-electron chi connectivity index (χ0n) is 16.1. The van der Waals surface area contributed by atoms with Crippen LogP contribution in [-0.2, 0) is 17.9 Å². The van der Waals surface area contributed by atoms with Crippen LogP contribution in [0.2, 0.25) is 0 Å². The average molecular weight is 381 g/mol. The quantitative estimate of drug-likeness (QED) is 0.659. The topological polar surface area (TPSA) is 77.8 Å². The minimum Gasteiger partial charge on any atom is -0.505 e. The van der Waals surface area contributed by atoms with Crippen LogP contribution in [0.5, 0.6) is 11.5 Å². The Morgan fingerprint density at radius 3 is 2.54 bits per heavy atom. The molecule has 0 radical (unpaired) electrons. The Kier molecular flexibility index (Phi) is 5.68. The Morgan fingerprint density at radius 2 is 1.89 bits per heavy atom. The Hall–Kier alpha value is -3.28. The van der Waals surface area contributed by atoms with E-state index in [1.807, 2.05) is 44.2 Å². The van der Waals surface area contributed by atoms with Crippen LogP contribution in [0.1, 0.15) is 29.9 Å². The van der Waals surface area contributed by atoms with Gasteiger partial charge in [0.1, 0.15) is 6.61 Å². The molecule has 146 valence electrons. The Balaban J connectivity index is 2.06. The minimum atomic E-state index is -0.656. The van der Waals surface area contributed by atoms with Gasteiger partial charge in [-0.15, -0.1) is 0 Å². The van der Waals surface area contributed by atoms with Crippen molar-refractivity contribution in [2.45, 2.75) is 27.0 Å². The summed E-state index contributed by atoms with van der Waals surface area (Å²) >= 11 is 0. The van der Waals surface area contributed by atoms with E-state index in [9.17, 15) is 14.7 Å². The van der Waals surface area contributed by atoms with E-state index in [1.165, 1.54) is 13.2 Å². The van der Waals surface area contributed by atoms with Crippen molar-refractivity contribution in [2.24, 2.45) is 5.92 Å². The molecule has 0 atom stereocenters. The second-order valence-electron chi connectivity index (χ2n) is 7.02. The monoisotopic (exact) mass is 381 g/mol. The molecule has 28 heavy (non-hydrogen) atoms. The van der Waals surface area contributed by atoms with Crippen molar-refractivity contribution < 1.29 is 19.4 Å². The highest BCUT2D eigenvalue weighted by molar-refractivity contribution is 5.94. The summed E-state index contributed by atoms with van der Waals surface area (Å²) in [6, 6.07) is 12.4. The molecule has 0 saturated heterocycles. The molecule has 1 aromatic rings. The van der Waals surface area contributed by atoms with Gasteiger partial charge < -0.3 is 19.1 Å². The van der Waals surface area contributed by atoms with Crippen molar-refractivity contribution in [2.75, 3.05) is 7.11 Å². The Bertz CT molecular complexity index is 1010. The lowest BCUT2D eigenvalue weighted by molar-refractivity contribution is 0.0582. The van der Waals surface area contributed by atoms with Crippen molar-refractivity contribution in [1.82, 2.24) is 4.57 Å². The third kappa shape index (κ3) is 4.01. The maximum atomic E-state index is 12.5. The molecular weight excluding hydrogens is 358 g/mol. The van der Waals surface area contributed by atoms with Crippen molar-refractivity contribution in [3.8, 4) is 22.6 Å². The van der Waals surface area contributed by atoms with Gasteiger partial charge in [-0.2, -0.15) is 0 Å². The number of carbonyl (C=O) groups is 1. The van der Waals surface area contributed by atoms with Gasteiger partial charge in [-0.3, -0.25) is 4.79 Å². The fraction of sp³-hybridized carbons (Fsp3) is 0.273. The second-order valence-corrected chi connectivity index (χ2v) is 7.02. The van der Waals surface area contributed by atoms with Gasteiger partial charge in [-0.1, -0.05) is 44.2 Å². The number of hydrogen-bond acceptors (Lipinski definition) is 5. The van der Waals surface area contributed by atoms with Gasteiger partial charge in [-0.25, -0.2) is 4.79 Å². The molecule has 3 rings (SSSR count). The van der Waals surface area contributed by atoms with Crippen molar-refractivity contribution >= 4 is 5.97 Å². The number of aromatic hydroxyl groups is 1. The normalized spacial score (nSPS) is 11.0. The lowest BCUT2D eigenvalue weighted by Gasteiger charge is -2.20. The van der Waals surface area contributed by atoms with Crippen LogP contribution in [-0.4, -0.2) is 22.8 Å². The van der Waals surface area contributed by atoms with Crippen LogP contribution >= 0.6 is 0 Å². The maximum Gasteiger partial charge on any atom is 0.358 e. The molecule has 0 unspecified atom stereocenters. The lowest BCUT2D eigenvalue weighted by atomic mass is 10.0. The number of aromatic nitrogens is 1. The third-order valence-corrected chi connectivity index (χ3v) is 4.36. The van der Waals surface area contributed by atoms with Crippen LogP contribution in [0.3, 0.4) is 0 Å². The molecule has 0 spiro atoms. The number of hydrogen-bond donors (Lipinski definition) is 1. The highest BCUT2D eigenvalue weighted by Crippen LogP contribution is 2.35. The van der Waals surface area contributed by atoms with Crippen LogP contribution in [0.4, 0.5) is 0 Å². The Morgan fingerprint density at radius 1 is 1.18 bits per heavy atom. The molecule has 2 aliphatic rings. The third-order valence-electron chi connectivity index (χ3n) is 4.36. The molecular formula is C22H23NO5. The summed E-state index contributed by atoms with van der Waals surface area (Å²) in [5.41, 5.74) is 1.50. The number of esters is 1. The van der Waals surface area contributed by atoms with Crippen LogP contribution in [0.25, 0.3) is 11.1 Å². The smallest absolute Gasteiger partial charge is 0.358 e. The molecule has 1 heterocycles. The predicted octanol–water partition coefficient (Wildman–Crippen LogP) is 3.68. The molecule has 1 N–H and O–H groups in total. The van der Waals surface area contributed by atoms with E-state index in [-0.39, 0.29) is 40.7 Å². The molecule has 1 aliphatic carbocycles. The number of pyridine rings is 1. The molecule has 6 nitrogen and oxygen atoms in total. The second kappa shape index (κ2) is 8.17. The zero-order chi connectivity index (χ0) is 20.3. The molecule has 0 fully saturated rings. The predicted molar refractivity (Wildman–Crippen MR) is 106 cm³/mol. The highest BCUT2D eigenvalue weighted by Gasteiger charge is 2.24. The standard InChI is InChI=1S/C22H23NO5/c1-14(2)11-23-12-16-9-19(28-13-15-7-5-4-6-8-15)18(24)10-17(16)21(25)20(23)22(26)27-3/h4-10,12,14,25H,11,13H2,1-3H3. The number of rotatable bonds is 6. The van der Waals surface area contributed by atoms with Gasteiger partial charge in [0.15, 0.2) is 17.2 Å². The molecule has 1 aliphatic heterocycles. The number of methoxy groups -OCH3 is 1. The maximum absolute atomic E-state index is 12.5. The number of carbonyl (C=O) groups excluding carboxylic acids is 1. The van der Waals surface area contributed by atoms with E-state index in [4.69, 9.17) is 9.47 Å². The highest BCUT2D eigenvalue weighted by atomic mass is 16.5. The largest absolute Gasteiger partial charge is 0.505 e. The number of ether oxygens (including phenoxy) is 2. The molecule has 0 amide bonds. The van der Waals surface area contributed by atoms with Crippen LogP contribution in [0, 0.1) is 5.92 Å². The first-order valence-electron chi connectivity index (χ1n) is 9.06. The fourth-order valence-electron chi connectivity index (χ4n) is 3.08. The first-order chi connectivity index (χ1) is 13.4. The summed E-state index contributed by atoms with van der Waals surface area (Å²) in [4.78, 5) is 24.6. The summed E-state index contributed by atoms with van der Waals surface area (Å²) in [5, 5.41) is 10.7. The molecule has 0 saturated carbocycles. The number of fused-ring (bicyclic) bond motifs is 1. The van der Waals surface area contributed by atoms with Crippen LogP contribution in [0.15, 0.2) is 53.5 Å². The van der Waals surface area contributed by atoms with Gasteiger partial charge in [0.2, 0.25) is 5.43 Å². The molecule has 0 bridgehead atoms. The summed E-state index contributed by atoms with van der Waals surface area (Å²) in [5.74, 6) is -0.496. The van der Waals surface area contributed by atoms with Gasteiger partial charge in [0, 0.05) is 29.9 Å². The van der Waals surface area contributed by atoms with E-state index in [1.54, 1.807) is 16.8 Å². The van der Waals surface area contributed by atoms with E-state index in [0.717, 1.165) is 5.56 Å². The van der Waals surface area contributed by atoms with Gasteiger partial charge >= 0.3 is 5.97 Å². The Labute approximate surface area is 163 Å². The summed E-state index contributed by atoms with van der Waals surface area (Å²) < 4.78 is 12.2. The van der Waals surface area contributed by atoms with E-state index in [2.05, 4.69) is 0 Å². The lowest BCUT2D eigenvalue weighted by Crippen LogP contribution is -2.18. The van der Waals surface area contributed by atoms with Crippen molar-refractivity contribution in [1.29, 1.82) is 0 Å². The molecule has 1 aromatic carbocycles.